The molecule has 2 N–H and O–H groups in total. The second kappa shape index (κ2) is 5.44. The van der Waals surface area contributed by atoms with Crippen molar-refractivity contribution < 1.29 is 4.79 Å². The molecule has 22 heavy (non-hydrogen) atoms. The summed E-state index contributed by atoms with van der Waals surface area (Å²) in [5.74, 6) is 0.529. The molecule has 1 aliphatic rings. The summed E-state index contributed by atoms with van der Waals surface area (Å²) < 4.78 is 0. The molecule has 3 rings (SSSR count). The van der Waals surface area contributed by atoms with Gasteiger partial charge in [-0.1, -0.05) is 24.3 Å². The molecular weight excluding hydrogens is 274 g/mol. The van der Waals surface area contributed by atoms with Crippen LogP contribution in [0.5, 0.6) is 0 Å². The minimum Gasteiger partial charge on any atom is -0.383 e. The highest BCUT2D eigenvalue weighted by Crippen LogP contribution is 2.31. The molecule has 0 aliphatic carbocycles. The molecule has 0 saturated carbocycles. The SMILES string of the molecule is Cc1c(C(=O)N2CCc3ccccc3[C@H]2C)cnc(N)c1C. The Morgan fingerprint density at radius 1 is 1.27 bits per heavy atom. The summed E-state index contributed by atoms with van der Waals surface area (Å²) in [6, 6.07) is 8.42. The van der Waals surface area contributed by atoms with Crippen molar-refractivity contribution in [2.75, 3.05) is 12.3 Å². The van der Waals surface area contributed by atoms with E-state index in [4.69, 9.17) is 5.73 Å². The van der Waals surface area contributed by atoms with Gasteiger partial charge in [0.2, 0.25) is 0 Å². The maximum atomic E-state index is 12.9. The van der Waals surface area contributed by atoms with Gasteiger partial charge < -0.3 is 10.6 Å². The molecular formula is C18H21N3O. The average molecular weight is 295 g/mol. The number of amides is 1. The maximum Gasteiger partial charge on any atom is 0.256 e. The standard InChI is InChI=1S/C18H21N3O/c1-11-12(2)17(19)20-10-16(11)18(22)21-9-8-14-6-4-5-7-15(14)13(21)3/h4-7,10,13H,8-9H2,1-3H3,(H2,19,20)/t13-/m1/s1. The fourth-order valence-corrected chi connectivity index (χ4v) is 3.14. The lowest BCUT2D eigenvalue weighted by Crippen LogP contribution is -2.39. The summed E-state index contributed by atoms with van der Waals surface area (Å²) in [4.78, 5) is 19.0. The molecule has 0 saturated heterocycles. The predicted molar refractivity (Wildman–Crippen MR) is 87.7 cm³/mol. The van der Waals surface area contributed by atoms with Crippen molar-refractivity contribution in [2.24, 2.45) is 0 Å². The third-order valence-electron chi connectivity index (χ3n) is 4.77. The number of benzene rings is 1. The first-order valence-corrected chi connectivity index (χ1v) is 7.61. The smallest absolute Gasteiger partial charge is 0.256 e. The van der Waals surface area contributed by atoms with E-state index in [1.807, 2.05) is 24.8 Å². The van der Waals surface area contributed by atoms with Gasteiger partial charge in [0, 0.05) is 12.7 Å². The topological polar surface area (TPSA) is 59.2 Å². The number of fused-ring (bicyclic) bond motifs is 1. The molecule has 2 heterocycles. The quantitative estimate of drug-likeness (QED) is 0.879. The first-order chi connectivity index (χ1) is 10.5. The molecule has 4 nitrogen and oxygen atoms in total. The van der Waals surface area contributed by atoms with Crippen LogP contribution in [0.25, 0.3) is 0 Å². The molecule has 1 amide bonds. The van der Waals surface area contributed by atoms with Crippen molar-refractivity contribution in [2.45, 2.75) is 33.2 Å². The Morgan fingerprint density at radius 2 is 2.00 bits per heavy atom. The van der Waals surface area contributed by atoms with E-state index >= 15 is 0 Å². The summed E-state index contributed by atoms with van der Waals surface area (Å²) in [5, 5.41) is 0. The van der Waals surface area contributed by atoms with Gasteiger partial charge in [-0.25, -0.2) is 4.98 Å². The Morgan fingerprint density at radius 3 is 2.77 bits per heavy atom. The predicted octanol–water partition coefficient (Wildman–Crippen LogP) is 3.04. The number of hydrogen-bond acceptors (Lipinski definition) is 3. The van der Waals surface area contributed by atoms with Crippen molar-refractivity contribution in [3.05, 3.63) is 58.3 Å². The van der Waals surface area contributed by atoms with E-state index in [1.165, 1.54) is 11.1 Å². The average Bonchev–Trinajstić information content (AvgIpc) is 2.53. The van der Waals surface area contributed by atoms with Gasteiger partial charge in [0.1, 0.15) is 5.82 Å². The van der Waals surface area contributed by atoms with Gasteiger partial charge in [-0.2, -0.15) is 0 Å². The summed E-state index contributed by atoms with van der Waals surface area (Å²) >= 11 is 0. The molecule has 2 aromatic rings. The van der Waals surface area contributed by atoms with E-state index in [0.717, 1.165) is 24.1 Å². The van der Waals surface area contributed by atoms with Crippen molar-refractivity contribution in [3.8, 4) is 0 Å². The van der Waals surface area contributed by atoms with Crippen LogP contribution in [0.3, 0.4) is 0 Å². The molecule has 0 bridgehead atoms. The van der Waals surface area contributed by atoms with Crippen LogP contribution in [0.1, 0.15) is 45.6 Å². The van der Waals surface area contributed by atoms with Crippen LogP contribution >= 0.6 is 0 Å². The highest BCUT2D eigenvalue weighted by Gasteiger charge is 2.29. The highest BCUT2D eigenvalue weighted by molar-refractivity contribution is 5.96. The largest absolute Gasteiger partial charge is 0.383 e. The lowest BCUT2D eigenvalue weighted by molar-refractivity contribution is 0.0676. The minimum absolute atomic E-state index is 0.0371. The Hall–Kier alpha value is -2.36. The van der Waals surface area contributed by atoms with Gasteiger partial charge >= 0.3 is 0 Å². The van der Waals surface area contributed by atoms with E-state index in [0.29, 0.717) is 11.4 Å². The number of rotatable bonds is 1. The molecule has 1 aromatic heterocycles. The molecule has 1 aromatic carbocycles. The third kappa shape index (κ3) is 2.25. The van der Waals surface area contributed by atoms with Crippen LogP contribution in [-0.4, -0.2) is 22.3 Å². The van der Waals surface area contributed by atoms with Crippen LogP contribution in [-0.2, 0) is 6.42 Å². The molecule has 0 radical (unpaired) electrons. The second-order valence-corrected chi connectivity index (χ2v) is 5.93. The Balaban J connectivity index is 1.96. The van der Waals surface area contributed by atoms with E-state index < -0.39 is 0 Å². The fourth-order valence-electron chi connectivity index (χ4n) is 3.14. The van der Waals surface area contributed by atoms with Crippen LogP contribution in [0.15, 0.2) is 30.5 Å². The number of nitrogens with zero attached hydrogens (tertiary/aromatic N) is 2. The van der Waals surface area contributed by atoms with Gasteiger partial charge in [-0.3, -0.25) is 4.79 Å². The number of anilines is 1. The first-order valence-electron chi connectivity index (χ1n) is 7.61. The Bertz CT molecular complexity index is 739. The molecule has 114 valence electrons. The zero-order valence-electron chi connectivity index (χ0n) is 13.3. The van der Waals surface area contributed by atoms with Crippen molar-refractivity contribution in [1.29, 1.82) is 0 Å². The maximum absolute atomic E-state index is 12.9. The minimum atomic E-state index is 0.0371. The van der Waals surface area contributed by atoms with Crippen LogP contribution in [0.4, 0.5) is 5.82 Å². The van der Waals surface area contributed by atoms with Crippen molar-refractivity contribution >= 4 is 11.7 Å². The molecule has 4 heteroatoms. The van der Waals surface area contributed by atoms with Gasteiger partial charge in [-0.05, 0) is 49.4 Å². The lowest BCUT2D eigenvalue weighted by Gasteiger charge is -2.35. The Kier molecular flexibility index (Phi) is 3.61. The van der Waals surface area contributed by atoms with E-state index in [9.17, 15) is 4.79 Å². The van der Waals surface area contributed by atoms with Crippen LogP contribution < -0.4 is 5.73 Å². The number of hydrogen-bond donors (Lipinski definition) is 1. The zero-order valence-corrected chi connectivity index (χ0v) is 13.3. The van der Waals surface area contributed by atoms with Gasteiger partial charge in [0.05, 0.1) is 11.6 Å². The molecule has 1 aliphatic heterocycles. The first kappa shape index (κ1) is 14.6. The summed E-state index contributed by atoms with van der Waals surface area (Å²) in [6.07, 6.45) is 2.50. The number of nitrogen functional groups attached to an aromatic ring is 1. The van der Waals surface area contributed by atoms with Gasteiger partial charge in [0.25, 0.3) is 5.91 Å². The van der Waals surface area contributed by atoms with Crippen molar-refractivity contribution in [3.63, 3.8) is 0 Å². The van der Waals surface area contributed by atoms with Crippen LogP contribution in [0.2, 0.25) is 0 Å². The van der Waals surface area contributed by atoms with E-state index in [-0.39, 0.29) is 11.9 Å². The fraction of sp³-hybridized carbons (Fsp3) is 0.333. The monoisotopic (exact) mass is 295 g/mol. The third-order valence-corrected chi connectivity index (χ3v) is 4.77. The summed E-state index contributed by atoms with van der Waals surface area (Å²) in [7, 11) is 0. The molecule has 0 spiro atoms. The van der Waals surface area contributed by atoms with E-state index in [2.05, 4.69) is 30.1 Å². The zero-order chi connectivity index (χ0) is 15.9. The summed E-state index contributed by atoms with van der Waals surface area (Å²) in [6.45, 7) is 6.66. The number of pyridine rings is 1. The number of carbonyl (C=O) groups is 1. The second-order valence-electron chi connectivity index (χ2n) is 5.93. The summed E-state index contributed by atoms with van der Waals surface area (Å²) in [5.41, 5.74) is 10.9. The normalized spacial score (nSPS) is 17.2. The Labute approximate surface area is 131 Å². The van der Waals surface area contributed by atoms with E-state index in [1.54, 1.807) is 6.20 Å². The molecule has 1 atom stereocenters. The van der Waals surface area contributed by atoms with Crippen molar-refractivity contribution in [1.82, 2.24) is 9.88 Å². The number of nitrogens with two attached hydrogens (primary N) is 1. The highest BCUT2D eigenvalue weighted by atomic mass is 16.2. The molecule has 0 fully saturated rings. The molecule has 0 unspecified atom stereocenters. The van der Waals surface area contributed by atoms with Gasteiger partial charge in [-0.15, -0.1) is 0 Å². The number of carbonyl (C=O) groups excluding carboxylic acids is 1. The van der Waals surface area contributed by atoms with Gasteiger partial charge in [0.15, 0.2) is 0 Å². The number of aromatic nitrogens is 1. The lowest BCUT2D eigenvalue weighted by atomic mass is 9.92. The van der Waals surface area contributed by atoms with Crippen LogP contribution in [0, 0.1) is 13.8 Å².